The van der Waals surface area contributed by atoms with E-state index in [0.717, 1.165) is 23.1 Å². The fraction of sp³-hybridized carbons (Fsp3) is 0.619. The van der Waals surface area contributed by atoms with Crippen LogP contribution < -0.4 is 15.4 Å². The normalized spacial score (nSPS) is 24.7. The average Bonchev–Trinajstić information content (AvgIpc) is 3.25. The zero-order chi connectivity index (χ0) is 19.4. The summed E-state index contributed by atoms with van der Waals surface area (Å²) in [6.07, 6.45) is 5.16. The number of benzene rings is 1. The number of urea groups is 1. The first-order chi connectivity index (χ1) is 12.9. The summed E-state index contributed by atoms with van der Waals surface area (Å²) in [5.41, 5.74) is 1.08. The quantitative estimate of drug-likeness (QED) is 0.771. The maximum atomic E-state index is 12.2. The zero-order valence-corrected chi connectivity index (χ0v) is 16.5. The molecule has 3 rings (SSSR count). The summed E-state index contributed by atoms with van der Waals surface area (Å²) >= 11 is 0. The van der Waals surface area contributed by atoms with Gasteiger partial charge in [0.15, 0.2) is 0 Å². The number of nitrogens with one attached hydrogen (secondary N) is 2. The van der Waals surface area contributed by atoms with E-state index in [1.807, 2.05) is 36.2 Å². The molecule has 1 aromatic carbocycles. The van der Waals surface area contributed by atoms with Crippen LogP contribution in [0, 0.1) is 17.8 Å². The molecule has 4 atom stereocenters. The zero-order valence-electron chi connectivity index (χ0n) is 16.5. The van der Waals surface area contributed by atoms with Gasteiger partial charge in [0.1, 0.15) is 5.75 Å². The molecule has 0 aromatic heterocycles. The molecule has 2 bridgehead atoms. The van der Waals surface area contributed by atoms with Gasteiger partial charge in [-0.3, -0.25) is 15.0 Å². The summed E-state index contributed by atoms with van der Waals surface area (Å²) in [5.74, 6) is 2.67. The second-order valence-electron chi connectivity index (χ2n) is 8.17. The molecule has 0 saturated heterocycles. The second-order valence-corrected chi connectivity index (χ2v) is 8.17. The van der Waals surface area contributed by atoms with Crippen LogP contribution >= 0.6 is 0 Å². The van der Waals surface area contributed by atoms with Crippen LogP contribution in [0.5, 0.6) is 5.75 Å². The summed E-state index contributed by atoms with van der Waals surface area (Å²) < 4.78 is 5.14. The SMILES string of the molecule is COc1ccc(CN(C)CC(=O)NC(=O)NC(C)C2CC3CCC2C3)cc1. The van der Waals surface area contributed by atoms with Crippen molar-refractivity contribution in [2.75, 3.05) is 20.7 Å². The molecule has 6 nitrogen and oxygen atoms in total. The molecule has 0 heterocycles. The maximum absolute atomic E-state index is 12.2. The van der Waals surface area contributed by atoms with Crippen molar-refractivity contribution in [1.29, 1.82) is 0 Å². The van der Waals surface area contributed by atoms with Gasteiger partial charge in [-0.2, -0.15) is 0 Å². The van der Waals surface area contributed by atoms with Crippen molar-refractivity contribution in [1.82, 2.24) is 15.5 Å². The lowest BCUT2D eigenvalue weighted by Gasteiger charge is -2.28. The fourth-order valence-corrected chi connectivity index (χ4v) is 4.77. The van der Waals surface area contributed by atoms with E-state index in [1.54, 1.807) is 7.11 Å². The van der Waals surface area contributed by atoms with Crippen molar-refractivity contribution >= 4 is 11.9 Å². The number of carbonyl (C=O) groups excluding carboxylic acids is 2. The van der Waals surface area contributed by atoms with E-state index in [9.17, 15) is 9.59 Å². The van der Waals surface area contributed by atoms with Gasteiger partial charge < -0.3 is 10.1 Å². The summed E-state index contributed by atoms with van der Waals surface area (Å²) in [6, 6.07) is 7.47. The number of ether oxygens (including phenoxy) is 1. The first-order valence-electron chi connectivity index (χ1n) is 9.86. The van der Waals surface area contributed by atoms with Gasteiger partial charge >= 0.3 is 6.03 Å². The fourth-order valence-electron chi connectivity index (χ4n) is 4.77. The lowest BCUT2D eigenvalue weighted by Crippen LogP contribution is -2.48. The van der Waals surface area contributed by atoms with Crippen molar-refractivity contribution in [3.63, 3.8) is 0 Å². The number of carbonyl (C=O) groups is 2. The lowest BCUT2D eigenvalue weighted by atomic mass is 9.84. The Hall–Kier alpha value is -2.08. The Labute approximate surface area is 161 Å². The molecule has 1 aromatic rings. The van der Waals surface area contributed by atoms with Crippen LogP contribution in [0.2, 0.25) is 0 Å². The molecule has 27 heavy (non-hydrogen) atoms. The van der Waals surface area contributed by atoms with Gasteiger partial charge in [-0.15, -0.1) is 0 Å². The highest BCUT2D eigenvalue weighted by Gasteiger charge is 2.42. The predicted octanol–water partition coefficient (Wildman–Crippen LogP) is 2.78. The van der Waals surface area contributed by atoms with Crippen LogP contribution in [0.4, 0.5) is 4.79 Å². The van der Waals surface area contributed by atoms with Gasteiger partial charge in [-0.05, 0) is 68.7 Å². The van der Waals surface area contributed by atoms with Crippen molar-refractivity contribution in [3.05, 3.63) is 29.8 Å². The third kappa shape index (κ3) is 5.22. The van der Waals surface area contributed by atoms with Crippen LogP contribution in [0.3, 0.4) is 0 Å². The van der Waals surface area contributed by atoms with E-state index in [4.69, 9.17) is 4.74 Å². The van der Waals surface area contributed by atoms with Gasteiger partial charge in [-0.1, -0.05) is 18.6 Å². The highest BCUT2D eigenvalue weighted by molar-refractivity contribution is 5.95. The number of hydrogen-bond donors (Lipinski definition) is 2. The number of likely N-dealkylation sites (N-methyl/N-ethyl adjacent to an activating group) is 1. The first-order valence-corrected chi connectivity index (χ1v) is 9.86. The van der Waals surface area contributed by atoms with E-state index in [1.165, 1.54) is 25.7 Å². The van der Waals surface area contributed by atoms with Crippen molar-refractivity contribution in [3.8, 4) is 5.75 Å². The molecule has 6 heteroatoms. The first kappa shape index (κ1) is 19.7. The second kappa shape index (κ2) is 8.74. The molecule has 148 valence electrons. The number of imide groups is 1. The molecule has 2 N–H and O–H groups in total. The molecular weight excluding hydrogens is 342 g/mol. The van der Waals surface area contributed by atoms with E-state index in [0.29, 0.717) is 12.5 Å². The summed E-state index contributed by atoms with van der Waals surface area (Å²) in [6.45, 7) is 2.85. The van der Waals surface area contributed by atoms with Crippen LogP contribution in [-0.2, 0) is 11.3 Å². The Morgan fingerprint density at radius 1 is 1.22 bits per heavy atom. The van der Waals surface area contributed by atoms with E-state index >= 15 is 0 Å². The highest BCUT2D eigenvalue weighted by atomic mass is 16.5. The Balaban J connectivity index is 1.39. The van der Waals surface area contributed by atoms with Gasteiger partial charge in [0, 0.05) is 12.6 Å². The van der Waals surface area contributed by atoms with Gasteiger partial charge in [0.25, 0.3) is 0 Å². The van der Waals surface area contributed by atoms with E-state index in [-0.39, 0.29) is 24.5 Å². The van der Waals surface area contributed by atoms with Gasteiger partial charge in [-0.25, -0.2) is 4.79 Å². The minimum atomic E-state index is -0.381. The van der Waals surface area contributed by atoms with E-state index < -0.39 is 0 Å². The Morgan fingerprint density at radius 2 is 1.96 bits per heavy atom. The van der Waals surface area contributed by atoms with Crippen LogP contribution in [0.1, 0.15) is 38.2 Å². The third-order valence-electron chi connectivity index (χ3n) is 6.07. The smallest absolute Gasteiger partial charge is 0.321 e. The van der Waals surface area contributed by atoms with E-state index in [2.05, 4.69) is 17.6 Å². The molecule has 0 aliphatic heterocycles. The van der Waals surface area contributed by atoms with Crippen LogP contribution in [0.25, 0.3) is 0 Å². The summed E-state index contributed by atoms with van der Waals surface area (Å²) in [4.78, 5) is 26.2. The number of fused-ring (bicyclic) bond motifs is 2. The molecule has 0 spiro atoms. The van der Waals surface area contributed by atoms with Gasteiger partial charge in [0.05, 0.1) is 13.7 Å². The van der Waals surface area contributed by atoms with Crippen LogP contribution in [-0.4, -0.2) is 43.6 Å². The average molecular weight is 373 g/mol. The maximum Gasteiger partial charge on any atom is 0.321 e. The van der Waals surface area contributed by atoms with Crippen molar-refractivity contribution < 1.29 is 14.3 Å². The molecule has 0 radical (unpaired) electrons. The third-order valence-corrected chi connectivity index (χ3v) is 6.07. The largest absolute Gasteiger partial charge is 0.497 e. The highest BCUT2D eigenvalue weighted by Crippen LogP contribution is 2.49. The van der Waals surface area contributed by atoms with Crippen LogP contribution in [0.15, 0.2) is 24.3 Å². The van der Waals surface area contributed by atoms with Crippen molar-refractivity contribution in [2.24, 2.45) is 17.8 Å². The minimum absolute atomic E-state index is 0.116. The van der Waals surface area contributed by atoms with Gasteiger partial charge in [0.2, 0.25) is 5.91 Å². The minimum Gasteiger partial charge on any atom is -0.497 e. The lowest BCUT2D eigenvalue weighted by molar-refractivity contribution is -0.121. The molecule has 3 amide bonds. The predicted molar refractivity (Wildman–Crippen MR) is 104 cm³/mol. The number of methoxy groups -OCH3 is 1. The Kier molecular flexibility index (Phi) is 6.37. The number of nitrogens with zero attached hydrogens (tertiary/aromatic N) is 1. The molecule has 2 aliphatic carbocycles. The Bertz CT molecular complexity index is 661. The summed E-state index contributed by atoms with van der Waals surface area (Å²) in [7, 11) is 3.49. The molecule has 4 unspecified atom stereocenters. The number of amides is 3. The Morgan fingerprint density at radius 3 is 2.56 bits per heavy atom. The number of rotatable bonds is 7. The molecule has 2 fully saturated rings. The van der Waals surface area contributed by atoms with Crippen molar-refractivity contribution in [2.45, 2.75) is 45.2 Å². The summed E-state index contributed by atoms with van der Waals surface area (Å²) in [5, 5.41) is 5.43. The molecular formula is C21H31N3O3. The monoisotopic (exact) mass is 373 g/mol. The molecule has 2 aliphatic rings. The topological polar surface area (TPSA) is 70.7 Å². The standard InChI is InChI=1S/C21H31N3O3/c1-14(19-11-16-4-7-17(19)10-16)22-21(26)23-20(25)13-24(2)12-15-5-8-18(27-3)9-6-15/h5-6,8-9,14,16-17,19H,4,7,10-13H2,1-3H3,(H2,22,23,25,26). The molecule has 2 saturated carbocycles. The number of hydrogen-bond acceptors (Lipinski definition) is 4.